The predicted molar refractivity (Wildman–Crippen MR) is 127 cm³/mol. The Morgan fingerprint density at radius 3 is 2.47 bits per heavy atom. The number of fused-ring (bicyclic) bond motifs is 1. The molecule has 0 saturated carbocycles. The number of nitrogens with zero attached hydrogens (tertiary/aromatic N) is 4. The highest BCUT2D eigenvalue weighted by Gasteiger charge is 2.22. The average molecular weight is 601 g/mol. The van der Waals surface area contributed by atoms with Gasteiger partial charge in [0, 0.05) is 52.4 Å². The van der Waals surface area contributed by atoms with Gasteiger partial charge in [-0.05, 0) is 54.2 Å². The second kappa shape index (κ2) is 8.98. The molecular formula is C21H21Br3N4O2. The van der Waals surface area contributed by atoms with Crippen molar-refractivity contribution in [1.29, 1.82) is 0 Å². The number of aryl methyl sites for hydroxylation is 1. The largest absolute Gasteiger partial charge is 0.485 e. The third-order valence-corrected chi connectivity index (χ3v) is 7.64. The maximum Gasteiger partial charge on any atom is 0.254 e. The first kappa shape index (κ1) is 21.8. The van der Waals surface area contributed by atoms with Gasteiger partial charge in [-0.2, -0.15) is 0 Å². The summed E-state index contributed by atoms with van der Waals surface area (Å²) in [7, 11) is 2.08. The number of hydrogen-bond donors (Lipinski definition) is 0. The topological polar surface area (TPSA) is 50.1 Å². The van der Waals surface area contributed by atoms with E-state index in [1.807, 2.05) is 46.7 Å². The number of piperazine rings is 1. The van der Waals surface area contributed by atoms with Gasteiger partial charge in [0.2, 0.25) is 0 Å². The second-order valence-electron chi connectivity index (χ2n) is 7.36. The van der Waals surface area contributed by atoms with Crippen LogP contribution < -0.4 is 4.74 Å². The predicted octanol–water partition coefficient (Wildman–Crippen LogP) is 4.90. The number of halogens is 3. The lowest BCUT2D eigenvalue weighted by Crippen LogP contribution is -2.47. The maximum absolute atomic E-state index is 12.9. The number of rotatable bonds is 4. The smallest absolute Gasteiger partial charge is 0.254 e. The molecule has 6 nitrogen and oxygen atoms in total. The number of amides is 1. The van der Waals surface area contributed by atoms with Gasteiger partial charge in [-0.1, -0.05) is 31.9 Å². The molecule has 3 aromatic rings. The van der Waals surface area contributed by atoms with Gasteiger partial charge in [-0.3, -0.25) is 9.20 Å². The normalized spacial score (nSPS) is 15.0. The van der Waals surface area contributed by atoms with Crippen molar-refractivity contribution in [2.75, 3.05) is 33.2 Å². The van der Waals surface area contributed by atoms with Crippen LogP contribution in [0.5, 0.6) is 5.75 Å². The second-order valence-corrected chi connectivity index (χ2v) is 9.82. The zero-order valence-electron chi connectivity index (χ0n) is 16.7. The van der Waals surface area contributed by atoms with Gasteiger partial charge in [0.15, 0.2) is 11.4 Å². The molecule has 0 aliphatic carbocycles. The molecule has 2 aromatic heterocycles. The Bertz CT molecular complexity index is 1080. The molecule has 0 unspecified atom stereocenters. The molecule has 1 aliphatic heterocycles. The van der Waals surface area contributed by atoms with E-state index in [4.69, 9.17) is 4.74 Å². The van der Waals surface area contributed by atoms with Gasteiger partial charge in [0.1, 0.15) is 11.2 Å². The molecule has 9 heteroatoms. The number of carbonyl (C=O) groups excluding carboxylic acids is 1. The van der Waals surface area contributed by atoms with Gasteiger partial charge < -0.3 is 14.5 Å². The lowest BCUT2D eigenvalue weighted by molar-refractivity contribution is 0.0664. The number of ether oxygens (including phenoxy) is 1. The standard InChI is InChI=1S/C21H21Br3N4O2/c1-13-19(24)28-5-3-4-18(20(28)25-13)30-12-15-16(22)10-14(11-17(15)23)21(29)27-8-6-26(2)7-9-27/h3-5,10-11H,6-9,12H2,1-2H3. The van der Waals surface area contributed by atoms with Crippen LogP contribution in [-0.4, -0.2) is 58.3 Å². The Morgan fingerprint density at radius 1 is 1.13 bits per heavy atom. The molecule has 1 fully saturated rings. The first-order valence-corrected chi connectivity index (χ1v) is 11.9. The van der Waals surface area contributed by atoms with Crippen molar-refractivity contribution < 1.29 is 9.53 Å². The Morgan fingerprint density at radius 2 is 1.80 bits per heavy atom. The molecule has 158 valence electrons. The Kier molecular flexibility index (Phi) is 6.53. The van der Waals surface area contributed by atoms with E-state index in [9.17, 15) is 4.79 Å². The molecule has 1 saturated heterocycles. The fourth-order valence-corrected chi connectivity index (χ4v) is 5.24. The third-order valence-electron chi connectivity index (χ3n) is 5.27. The van der Waals surface area contributed by atoms with Gasteiger partial charge in [0.05, 0.1) is 5.69 Å². The van der Waals surface area contributed by atoms with Gasteiger partial charge >= 0.3 is 0 Å². The van der Waals surface area contributed by atoms with Crippen molar-refractivity contribution >= 4 is 59.3 Å². The molecule has 1 aromatic carbocycles. The molecular weight excluding hydrogens is 580 g/mol. The Hall–Kier alpha value is -1.42. The van der Waals surface area contributed by atoms with Crippen LogP contribution in [0.3, 0.4) is 0 Å². The molecule has 3 heterocycles. The number of benzene rings is 1. The monoisotopic (exact) mass is 598 g/mol. The number of carbonyl (C=O) groups is 1. The van der Waals surface area contributed by atoms with E-state index in [-0.39, 0.29) is 5.91 Å². The molecule has 0 radical (unpaired) electrons. The van der Waals surface area contributed by atoms with Crippen molar-refractivity contribution in [1.82, 2.24) is 19.2 Å². The average Bonchev–Trinajstić information content (AvgIpc) is 3.02. The van der Waals surface area contributed by atoms with Crippen LogP contribution in [0.1, 0.15) is 21.6 Å². The third kappa shape index (κ3) is 4.30. The summed E-state index contributed by atoms with van der Waals surface area (Å²) in [4.78, 5) is 21.6. The number of hydrogen-bond acceptors (Lipinski definition) is 4. The Labute approximate surface area is 200 Å². The lowest BCUT2D eigenvalue weighted by atomic mass is 10.1. The van der Waals surface area contributed by atoms with Crippen molar-refractivity contribution in [2.45, 2.75) is 13.5 Å². The van der Waals surface area contributed by atoms with E-state index in [1.54, 1.807) is 0 Å². The van der Waals surface area contributed by atoms with Crippen LogP contribution in [0.4, 0.5) is 0 Å². The highest BCUT2D eigenvalue weighted by atomic mass is 79.9. The SMILES string of the molecule is Cc1nc2c(OCc3c(Br)cc(C(=O)N4CCN(C)CC4)cc3Br)cccn2c1Br. The van der Waals surface area contributed by atoms with Gasteiger partial charge in [-0.15, -0.1) is 0 Å². The van der Waals surface area contributed by atoms with Crippen LogP contribution in [0.15, 0.2) is 44.0 Å². The van der Waals surface area contributed by atoms with Crippen LogP contribution in [0, 0.1) is 6.92 Å². The number of likely N-dealkylation sites (N-methyl/N-ethyl adjacent to an activating group) is 1. The minimum atomic E-state index is 0.0550. The molecule has 1 aliphatic rings. The zero-order valence-corrected chi connectivity index (χ0v) is 21.4. The molecule has 1 amide bonds. The summed E-state index contributed by atoms with van der Waals surface area (Å²) in [5.41, 5.74) is 3.27. The fraction of sp³-hybridized carbons (Fsp3) is 0.333. The quantitative estimate of drug-likeness (QED) is 0.428. The summed E-state index contributed by atoms with van der Waals surface area (Å²) in [6.07, 6.45) is 1.94. The molecule has 4 rings (SSSR count). The summed E-state index contributed by atoms with van der Waals surface area (Å²) in [5, 5.41) is 0. The summed E-state index contributed by atoms with van der Waals surface area (Å²) >= 11 is 10.8. The summed E-state index contributed by atoms with van der Waals surface area (Å²) in [6, 6.07) is 7.58. The van der Waals surface area contributed by atoms with Crippen LogP contribution in [0.25, 0.3) is 5.65 Å². The van der Waals surface area contributed by atoms with Crippen molar-refractivity contribution in [3.8, 4) is 5.75 Å². The minimum absolute atomic E-state index is 0.0550. The van der Waals surface area contributed by atoms with E-state index in [2.05, 4.69) is 64.7 Å². The highest BCUT2D eigenvalue weighted by Crippen LogP contribution is 2.31. The number of pyridine rings is 1. The molecule has 0 N–H and O–H groups in total. The summed E-state index contributed by atoms with van der Waals surface area (Å²) in [6.45, 7) is 5.58. The van der Waals surface area contributed by atoms with E-state index in [0.717, 1.165) is 56.6 Å². The van der Waals surface area contributed by atoms with Crippen LogP contribution in [0.2, 0.25) is 0 Å². The van der Waals surface area contributed by atoms with Crippen LogP contribution in [-0.2, 0) is 6.61 Å². The van der Waals surface area contributed by atoms with Gasteiger partial charge in [-0.25, -0.2) is 4.98 Å². The summed E-state index contributed by atoms with van der Waals surface area (Å²) in [5.74, 6) is 0.752. The molecule has 0 spiro atoms. The summed E-state index contributed by atoms with van der Waals surface area (Å²) < 4.78 is 10.6. The van der Waals surface area contributed by atoms with Gasteiger partial charge in [0.25, 0.3) is 5.91 Å². The number of aromatic nitrogens is 2. The first-order valence-electron chi connectivity index (χ1n) is 9.57. The first-order chi connectivity index (χ1) is 14.3. The van der Waals surface area contributed by atoms with Crippen molar-refractivity contribution in [3.63, 3.8) is 0 Å². The Balaban J connectivity index is 1.53. The maximum atomic E-state index is 12.9. The lowest BCUT2D eigenvalue weighted by Gasteiger charge is -2.32. The van der Waals surface area contributed by atoms with E-state index >= 15 is 0 Å². The van der Waals surface area contributed by atoms with Crippen molar-refractivity contribution in [2.24, 2.45) is 0 Å². The fourth-order valence-electron chi connectivity index (χ4n) is 3.45. The molecule has 0 atom stereocenters. The molecule has 30 heavy (non-hydrogen) atoms. The minimum Gasteiger partial charge on any atom is -0.485 e. The van der Waals surface area contributed by atoms with Crippen LogP contribution >= 0.6 is 47.8 Å². The zero-order chi connectivity index (χ0) is 21.4. The van der Waals surface area contributed by atoms with E-state index in [1.165, 1.54) is 0 Å². The number of imidazole rings is 1. The van der Waals surface area contributed by atoms with Crippen molar-refractivity contribution in [3.05, 3.63) is 60.8 Å². The molecule has 0 bridgehead atoms. The van der Waals surface area contributed by atoms with E-state index in [0.29, 0.717) is 17.9 Å². The van der Waals surface area contributed by atoms with E-state index < -0.39 is 0 Å². The highest BCUT2D eigenvalue weighted by molar-refractivity contribution is 9.11.